The van der Waals surface area contributed by atoms with Crippen LogP contribution >= 0.6 is 11.8 Å². The standard InChI is InChI=1S/C17H27N3O7S2/c1-8-13-12(9(2)22)16(23)20(13)14(17(24)25)15(8)28-11-5-10(18-7-11)6-19-29(26,27)4-3-21/h8-13,18-19,21-22H,3-7H2,1-2H3,(H,24,25)/t8-,9-,10+,11+,12-,13-/m1/s1. The van der Waals surface area contributed by atoms with Gasteiger partial charge in [0.1, 0.15) is 5.70 Å². The number of nitrogens with one attached hydrogen (secondary N) is 2. The van der Waals surface area contributed by atoms with Crippen molar-refractivity contribution in [1.82, 2.24) is 14.9 Å². The van der Waals surface area contributed by atoms with E-state index in [1.165, 1.54) is 16.7 Å². The molecule has 0 aliphatic carbocycles. The number of fused-ring (bicyclic) bond motifs is 1. The Balaban J connectivity index is 1.66. The molecule has 0 saturated carbocycles. The number of nitrogens with zero attached hydrogens (tertiary/aromatic N) is 1. The van der Waals surface area contributed by atoms with Crippen LogP contribution in [0.15, 0.2) is 10.6 Å². The topological polar surface area (TPSA) is 156 Å². The van der Waals surface area contributed by atoms with E-state index in [0.29, 0.717) is 17.9 Å². The monoisotopic (exact) mass is 449 g/mol. The maximum absolute atomic E-state index is 12.4. The van der Waals surface area contributed by atoms with Crippen LogP contribution in [0.2, 0.25) is 0 Å². The Morgan fingerprint density at radius 3 is 2.72 bits per heavy atom. The van der Waals surface area contributed by atoms with E-state index in [-0.39, 0.29) is 47.2 Å². The van der Waals surface area contributed by atoms with Crippen molar-refractivity contribution in [1.29, 1.82) is 0 Å². The van der Waals surface area contributed by atoms with Gasteiger partial charge in [0.2, 0.25) is 15.9 Å². The Morgan fingerprint density at radius 1 is 1.45 bits per heavy atom. The summed E-state index contributed by atoms with van der Waals surface area (Å²) in [6, 6.07) is -0.443. The molecule has 0 bridgehead atoms. The van der Waals surface area contributed by atoms with Gasteiger partial charge >= 0.3 is 5.97 Å². The van der Waals surface area contributed by atoms with Crippen molar-refractivity contribution in [2.45, 2.75) is 43.7 Å². The summed E-state index contributed by atoms with van der Waals surface area (Å²) in [5, 5.41) is 31.6. The van der Waals surface area contributed by atoms with Gasteiger partial charge in [-0.1, -0.05) is 6.92 Å². The summed E-state index contributed by atoms with van der Waals surface area (Å²) in [6.07, 6.45) is -0.205. The molecule has 3 aliphatic rings. The maximum atomic E-state index is 12.4. The van der Waals surface area contributed by atoms with E-state index in [2.05, 4.69) is 10.0 Å². The number of aliphatic hydroxyl groups is 2. The van der Waals surface area contributed by atoms with Crippen molar-refractivity contribution in [3.8, 4) is 0 Å². The molecule has 29 heavy (non-hydrogen) atoms. The van der Waals surface area contributed by atoms with Crippen LogP contribution in [-0.4, -0.2) is 89.4 Å². The SMILES string of the molecule is C[C@@H](O)[C@H]1C(=O)N2C(C(=O)O)=C(S[C@@H]3CN[C@H](CNS(=O)(=O)CCO)C3)[C@H](C)[C@H]12. The highest BCUT2D eigenvalue weighted by molar-refractivity contribution is 8.03. The normalized spacial score (nSPS) is 33.0. The van der Waals surface area contributed by atoms with Gasteiger partial charge in [0.05, 0.1) is 30.4 Å². The third kappa shape index (κ3) is 4.32. The van der Waals surface area contributed by atoms with Gasteiger partial charge < -0.3 is 25.5 Å². The summed E-state index contributed by atoms with van der Waals surface area (Å²) in [5.74, 6) is -2.64. The molecule has 0 radical (unpaired) electrons. The fourth-order valence-electron chi connectivity index (χ4n) is 4.31. The fraction of sp³-hybridized carbons (Fsp3) is 0.765. The van der Waals surface area contributed by atoms with E-state index in [0.717, 1.165) is 0 Å². The number of aliphatic carboxylic acids is 1. The van der Waals surface area contributed by atoms with E-state index in [9.17, 15) is 28.2 Å². The van der Waals surface area contributed by atoms with Crippen molar-refractivity contribution in [2.24, 2.45) is 11.8 Å². The molecule has 3 rings (SSSR count). The number of hydrogen-bond donors (Lipinski definition) is 5. The molecule has 2 saturated heterocycles. The van der Waals surface area contributed by atoms with Gasteiger partial charge in [0.15, 0.2) is 0 Å². The first-order chi connectivity index (χ1) is 13.6. The van der Waals surface area contributed by atoms with E-state index < -0.39 is 34.6 Å². The molecule has 1 amide bonds. The van der Waals surface area contributed by atoms with Crippen molar-refractivity contribution >= 4 is 33.7 Å². The number of hydrogen-bond acceptors (Lipinski definition) is 8. The van der Waals surface area contributed by atoms with Crippen LogP contribution in [0.25, 0.3) is 0 Å². The molecule has 5 N–H and O–H groups in total. The lowest BCUT2D eigenvalue weighted by Crippen LogP contribution is -2.63. The van der Waals surface area contributed by atoms with E-state index in [1.807, 2.05) is 6.92 Å². The zero-order valence-electron chi connectivity index (χ0n) is 16.2. The van der Waals surface area contributed by atoms with Crippen LogP contribution in [0.1, 0.15) is 20.3 Å². The predicted octanol–water partition coefficient (Wildman–Crippen LogP) is -1.48. The van der Waals surface area contributed by atoms with Gasteiger partial charge in [-0.05, 0) is 13.3 Å². The average molecular weight is 450 g/mol. The lowest BCUT2D eigenvalue weighted by Gasteiger charge is -2.46. The summed E-state index contributed by atoms with van der Waals surface area (Å²) in [6.45, 7) is 3.75. The second-order valence-corrected chi connectivity index (χ2v) is 11.0. The van der Waals surface area contributed by atoms with Gasteiger partial charge in [-0.15, -0.1) is 11.8 Å². The number of rotatable bonds is 9. The van der Waals surface area contributed by atoms with Crippen LogP contribution in [0.4, 0.5) is 0 Å². The molecule has 12 heteroatoms. The minimum atomic E-state index is -3.52. The van der Waals surface area contributed by atoms with Gasteiger partial charge in [-0.3, -0.25) is 4.79 Å². The third-order valence-corrected chi connectivity index (χ3v) is 8.53. The Morgan fingerprint density at radius 2 is 2.14 bits per heavy atom. The average Bonchev–Trinajstić information content (AvgIpc) is 3.15. The first kappa shape index (κ1) is 22.5. The minimum Gasteiger partial charge on any atom is -0.477 e. The highest BCUT2D eigenvalue weighted by atomic mass is 32.2. The number of carboxylic acid groups (broad SMARTS) is 1. The van der Waals surface area contributed by atoms with Crippen molar-refractivity contribution < 1.29 is 33.3 Å². The second-order valence-electron chi connectivity index (χ2n) is 7.74. The molecule has 0 spiro atoms. The smallest absolute Gasteiger partial charge is 0.353 e. The molecule has 6 atom stereocenters. The Hall–Kier alpha value is -1.18. The fourth-order valence-corrected chi connectivity index (χ4v) is 6.66. The van der Waals surface area contributed by atoms with Crippen LogP contribution < -0.4 is 10.0 Å². The molecule has 0 aromatic carbocycles. The summed E-state index contributed by atoms with van der Waals surface area (Å²) >= 11 is 1.41. The number of amides is 1. The third-order valence-electron chi connectivity index (χ3n) is 5.70. The zero-order chi connectivity index (χ0) is 21.5. The highest BCUT2D eigenvalue weighted by Crippen LogP contribution is 2.51. The summed E-state index contributed by atoms with van der Waals surface area (Å²) < 4.78 is 25.8. The maximum Gasteiger partial charge on any atom is 0.353 e. The Kier molecular flexibility index (Phi) is 6.61. The molecule has 0 aromatic rings. The number of β-lactam (4-membered cyclic amide) rings is 1. The Labute approximate surface area is 173 Å². The van der Waals surface area contributed by atoms with Crippen molar-refractivity contribution in [3.63, 3.8) is 0 Å². The molecule has 10 nitrogen and oxygen atoms in total. The summed E-state index contributed by atoms with van der Waals surface area (Å²) in [5.41, 5.74) is 0.00139. The highest BCUT2D eigenvalue weighted by Gasteiger charge is 2.60. The summed E-state index contributed by atoms with van der Waals surface area (Å²) in [4.78, 5) is 26.2. The molecule has 164 valence electrons. The molecule has 2 fully saturated rings. The minimum absolute atomic E-state index is 0.00139. The first-order valence-electron chi connectivity index (χ1n) is 9.54. The van der Waals surface area contributed by atoms with Gasteiger partial charge in [-0.2, -0.15) is 0 Å². The van der Waals surface area contributed by atoms with Crippen LogP contribution in [-0.2, 0) is 19.6 Å². The second kappa shape index (κ2) is 8.52. The lowest BCUT2D eigenvalue weighted by molar-refractivity contribution is -0.163. The first-order valence-corrected chi connectivity index (χ1v) is 12.1. The van der Waals surface area contributed by atoms with Crippen LogP contribution in [0, 0.1) is 11.8 Å². The number of thioether (sulfide) groups is 1. The van der Waals surface area contributed by atoms with Gasteiger partial charge in [-0.25, -0.2) is 17.9 Å². The molecule has 0 aromatic heterocycles. The van der Waals surface area contributed by atoms with E-state index in [4.69, 9.17) is 5.11 Å². The number of carbonyl (C=O) groups excluding carboxylic acids is 1. The number of carboxylic acids is 1. The van der Waals surface area contributed by atoms with Crippen molar-refractivity contribution in [3.05, 3.63) is 10.6 Å². The van der Waals surface area contributed by atoms with Crippen LogP contribution in [0.3, 0.4) is 0 Å². The predicted molar refractivity (Wildman–Crippen MR) is 106 cm³/mol. The Bertz CT molecular complexity index is 814. The van der Waals surface area contributed by atoms with Gasteiger partial charge in [0, 0.05) is 35.2 Å². The number of aliphatic hydroxyl groups excluding tert-OH is 2. The molecule has 3 aliphatic heterocycles. The number of sulfonamides is 1. The van der Waals surface area contributed by atoms with Gasteiger partial charge in [0.25, 0.3) is 0 Å². The largest absolute Gasteiger partial charge is 0.477 e. The van der Waals surface area contributed by atoms with E-state index >= 15 is 0 Å². The summed E-state index contributed by atoms with van der Waals surface area (Å²) in [7, 11) is -3.52. The number of carbonyl (C=O) groups is 2. The van der Waals surface area contributed by atoms with E-state index in [1.54, 1.807) is 6.92 Å². The molecule has 3 heterocycles. The molecular formula is C17H27N3O7S2. The quantitative estimate of drug-likeness (QED) is 0.265. The van der Waals surface area contributed by atoms with Crippen molar-refractivity contribution in [2.75, 3.05) is 25.4 Å². The lowest BCUT2D eigenvalue weighted by atomic mass is 9.79. The molecule has 0 unspecified atom stereocenters. The zero-order valence-corrected chi connectivity index (χ0v) is 17.9. The van der Waals surface area contributed by atoms with Crippen LogP contribution in [0.5, 0.6) is 0 Å². The molecular weight excluding hydrogens is 422 g/mol.